The van der Waals surface area contributed by atoms with Gasteiger partial charge in [0.25, 0.3) is 0 Å². The van der Waals surface area contributed by atoms with E-state index in [9.17, 15) is 0 Å². The maximum absolute atomic E-state index is 6.10. The number of halogens is 3. The number of allylic oxidation sites excluding steroid dienone is 3. The van der Waals surface area contributed by atoms with Crippen molar-refractivity contribution < 1.29 is 0 Å². The van der Waals surface area contributed by atoms with E-state index in [2.05, 4.69) is 35.1 Å². The zero-order valence-corrected chi connectivity index (χ0v) is 15.8. The number of hydrogen-bond donors (Lipinski definition) is 2. The summed E-state index contributed by atoms with van der Waals surface area (Å²) in [6, 6.07) is 6.34. The van der Waals surface area contributed by atoms with Crippen LogP contribution < -0.4 is 5.32 Å². The zero-order chi connectivity index (χ0) is 17.5. The fourth-order valence-corrected chi connectivity index (χ4v) is 3.18. The van der Waals surface area contributed by atoms with Crippen LogP contribution in [0.2, 0.25) is 5.02 Å². The second kappa shape index (κ2) is 9.33. The van der Waals surface area contributed by atoms with E-state index in [1.807, 2.05) is 13.0 Å². The van der Waals surface area contributed by atoms with Crippen LogP contribution in [0.25, 0.3) is 10.9 Å². The Kier molecular flexibility index (Phi) is 7.44. The van der Waals surface area contributed by atoms with E-state index in [1.54, 1.807) is 12.2 Å². The first-order valence-electron chi connectivity index (χ1n) is 7.80. The van der Waals surface area contributed by atoms with Gasteiger partial charge in [-0.05, 0) is 50.1 Å². The van der Waals surface area contributed by atoms with Gasteiger partial charge in [0.2, 0.25) is 0 Å². The number of benzene rings is 1. The van der Waals surface area contributed by atoms with Gasteiger partial charge >= 0.3 is 0 Å². The Morgan fingerprint density at radius 3 is 2.83 bits per heavy atom. The van der Waals surface area contributed by atoms with Crippen molar-refractivity contribution in [3.05, 3.63) is 69.9 Å². The second-order valence-corrected chi connectivity index (χ2v) is 6.83. The van der Waals surface area contributed by atoms with Gasteiger partial charge in [-0.25, -0.2) is 0 Å². The van der Waals surface area contributed by atoms with Gasteiger partial charge in [-0.15, -0.1) is 0 Å². The molecule has 5 heteroatoms. The monoisotopic (exact) mass is 382 g/mol. The first-order valence-corrected chi connectivity index (χ1v) is 8.99. The lowest BCUT2D eigenvalue weighted by Crippen LogP contribution is -2.29. The Balaban J connectivity index is 0.000000368. The average Bonchev–Trinajstić information content (AvgIpc) is 2.93. The summed E-state index contributed by atoms with van der Waals surface area (Å²) < 4.78 is 0. The highest BCUT2D eigenvalue weighted by Gasteiger charge is 2.23. The summed E-state index contributed by atoms with van der Waals surface area (Å²) in [7, 11) is 0. The molecule has 2 N–H and O–H groups in total. The lowest BCUT2D eigenvalue weighted by Gasteiger charge is -2.23. The van der Waals surface area contributed by atoms with Gasteiger partial charge < -0.3 is 10.3 Å². The van der Waals surface area contributed by atoms with Crippen molar-refractivity contribution in [1.82, 2.24) is 10.3 Å². The molecule has 0 saturated heterocycles. The number of fused-ring (bicyclic) bond motifs is 3. The summed E-state index contributed by atoms with van der Waals surface area (Å²) in [5, 5.41) is 6.42. The average molecular weight is 384 g/mol. The molecule has 3 rings (SSSR count). The molecular formula is C19H21Cl3N2. The quantitative estimate of drug-likeness (QED) is 0.584. The van der Waals surface area contributed by atoms with E-state index in [0.29, 0.717) is 6.04 Å². The van der Waals surface area contributed by atoms with E-state index in [4.69, 9.17) is 34.8 Å². The van der Waals surface area contributed by atoms with Crippen LogP contribution in [0.4, 0.5) is 0 Å². The van der Waals surface area contributed by atoms with E-state index >= 15 is 0 Å². The summed E-state index contributed by atoms with van der Waals surface area (Å²) in [6.45, 7) is 6.28. The minimum atomic E-state index is 0.309. The third-order valence-electron chi connectivity index (χ3n) is 3.86. The Morgan fingerprint density at radius 2 is 2.21 bits per heavy atom. The molecule has 2 heterocycles. The molecule has 128 valence electrons. The molecule has 2 nitrogen and oxygen atoms in total. The molecule has 0 radical (unpaired) electrons. The number of nitrogens with one attached hydrogen (secondary N) is 2. The van der Waals surface area contributed by atoms with E-state index in [1.165, 1.54) is 22.2 Å². The maximum atomic E-state index is 6.10. The largest absolute Gasteiger partial charge is 0.357 e. The third-order valence-corrected chi connectivity index (χ3v) is 4.39. The van der Waals surface area contributed by atoms with Crippen molar-refractivity contribution in [2.24, 2.45) is 0 Å². The molecule has 0 fully saturated rings. The molecule has 1 aliphatic rings. The number of H-pyrrole nitrogens is 1. The van der Waals surface area contributed by atoms with Gasteiger partial charge in [-0.2, -0.15) is 0 Å². The van der Waals surface area contributed by atoms with Crippen LogP contribution in [0.3, 0.4) is 0 Å². The van der Waals surface area contributed by atoms with Gasteiger partial charge in [-0.1, -0.05) is 59.6 Å². The predicted molar refractivity (Wildman–Crippen MR) is 107 cm³/mol. The van der Waals surface area contributed by atoms with Crippen LogP contribution in [0.1, 0.15) is 30.6 Å². The minimum absolute atomic E-state index is 0.309. The zero-order valence-electron chi connectivity index (χ0n) is 13.6. The molecule has 24 heavy (non-hydrogen) atoms. The molecular weight excluding hydrogens is 363 g/mol. The molecule has 0 amide bonds. The number of hydrogen-bond acceptors (Lipinski definition) is 1. The normalized spacial score (nSPS) is 17.5. The highest BCUT2D eigenvalue weighted by atomic mass is 35.5. The van der Waals surface area contributed by atoms with Crippen LogP contribution in [-0.2, 0) is 6.42 Å². The minimum Gasteiger partial charge on any atom is -0.357 e. The van der Waals surface area contributed by atoms with Gasteiger partial charge in [-0.3, -0.25) is 0 Å². The second-order valence-electron chi connectivity index (χ2n) is 5.54. The van der Waals surface area contributed by atoms with Crippen molar-refractivity contribution in [2.45, 2.75) is 25.8 Å². The summed E-state index contributed by atoms with van der Waals surface area (Å²) in [6.07, 6.45) is 7.28. The number of rotatable bonds is 3. The molecule has 1 aliphatic heterocycles. The molecule has 0 aliphatic carbocycles. The predicted octanol–water partition coefficient (Wildman–Crippen LogP) is 6.47. The van der Waals surface area contributed by atoms with Crippen LogP contribution in [0.15, 0.2) is 53.6 Å². The summed E-state index contributed by atoms with van der Waals surface area (Å²) in [5.74, 6) is 0. The van der Waals surface area contributed by atoms with Crippen molar-refractivity contribution >= 4 is 45.7 Å². The van der Waals surface area contributed by atoms with Crippen LogP contribution in [-0.4, -0.2) is 11.5 Å². The molecule has 1 atom stereocenters. The standard InChI is InChI=1S/C15H16Cl2N2.C4H5Cl/c1-9(16)2-4-14-15-11(6-7-18-14)12-8-10(17)3-5-13(12)19-15;1-2-3-4-5/h2-3,5,8,14,18-19H,4,6-7H2,1H3;2-4H,1H2/b9-2+;4-3+. The molecule has 0 bridgehead atoms. The Labute approximate surface area is 158 Å². The fourth-order valence-electron chi connectivity index (χ4n) is 2.81. The van der Waals surface area contributed by atoms with Crippen molar-refractivity contribution in [2.75, 3.05) is 6.54 Å². The van der Waals surface area contributed by atoms with Crippen molar-refractivity contribution in [3.8, 4) is 0 Å². The lowest BCUT2D eigenvalue weighted by molar-refractivity contribution is 0.501. The fraction of sp³-hybridized carbons (Fsp3) is 0.263. The topological polar surface area (TPSA) is 27.8 Å². The Morgan fingerprint density at radius 1 is 1.42 bits per heavy atom. The Bertz CT molecular complexity index is 755. The first-order chi connectivity index (χ1) is 11.6. The SMILES string of the molecule is C/C(Cl)=C\CC1NCCc2c1[nH]c1ccc(Cl)cc21.C=C/C=C/Cl. The molecule has 1 unspecified atom stereocenters. The van der Waals surface area contributed by atoms with Gasteiger partial charge in [0.1, 0.15) is 0 Å². The first kappa shape index (κ1) is 19.1. The molecule has 0 spiro atoms. The van der Waals surface area contributed by atoms with Crippen molar-refractivity contribution in [1.29, 1.82) is 0 Å². The van der Waals surface area contributed by atoms with Gasteiger partial charge in [0.15, 0.2) is 0 Å². The highest BCUT2D eigenvalue weighted by molar-refractivity contribution is 6.31. The smallest absolute Gasteiger partial charge is 0.0511 e. The molecule has 2 aromatic rings. The summed E-state index contributed by atoms with van der Waals surface area (Å²) in [5.41, 5.74) is 5.24. The van der Waals surface area contributed by atoms with E-state index < -0.39 is 0 Å². The van der Waals surface area contributed by atoms with Gasteiger partial charge in [0.05, 0.1) is 6.04 Å². The van der Waals surface area contributed by atoms with E-state index in [-0.39, 0.29) is 0 Å². The molecule has 1 aromatic heterocycles. The third kappa shape index (κ3) is 4.90. The Hall–Kier alpha value is -1.19. The van der Waals surface area contributed by atoms with Crippen LogP contribution >= 0.6 is 34.8 Å². The highest BCUT2D eigenvalue weighted by Crippen LogP contribution is 2.33. The molecule has 1 aromatic carbocycles. The van der Waals surface area contributed by atoms with Crippen LogP contribution in [0.5, 0.6) is 0 Å². The van der Waals surface area contributed by atoms with Crippen LogP contribution in [0, 0.1) is 0 Å². The van der Waals surface area contributed by atoms with E-state index in [0.717, 1.165) is 35.0 Å². The summed E-state index contributed by atoms with van der Waals surface area (Å²) in [4.78, 5) is 3.52. The number of aromatic nitrogens is 1. The summed E-state index contributed by atoms with van der Waals surface area (Å²) >= 11 is 17.1. The molecule has 0 saturated carbocycles. The number of aromatic amines is 1. The van der Waals surface area contributed by atoms with Gasteiger partial charge in [0, 0.05) is 32.2 Å². The lowest BCUT2D eigenvalue weighted by atomic mass is 9.97. The maximum Gasteiger partial charge on any atom is 0.0511 e. The van der Waals surface area contributed by atoms with Crippen molar-refractivity contribution in [3.63, 3.8) is 0 Å².